The second-order valence-electron chi connectivity index (χ2n) is 3.94. The van der Waals surface area contributed by atoms with Crippen LogP contribution >= 0.6 is 0 Å². The second kappa shape index (κ2) is 3.21. The van der Waals surface area contributed by atoms with E-state index in [1.54, 1.807) is 0 Å². The molecule has 0 spiro atoms. The number of rotatable bonds is 3. The molecule has 0 aromatic rings. The van der Waals surface area contributed by atoms with Gasteiger partial charge in [0.2, 0.25) is 5.91 Å². The highest BCUT2D eigenvalue weighted by molar-refractivity contribution is 5.88. The Labute approximate surface area is 81.1 Å². The lowest BCUT2D eigenvalue weighted by Crippen LogP contribution is -2.44. The smallest absolute Gasteiger partial charge is 0.268 e. The molecule has 2 aliphatic rings. The van der Waals surface area contributed by atoms with E-state index in [0.717, 1.165) is 12.8 Å². The predicted molar refractivity (Wildman–Crippen MR) is 46.8 cm³/mol. The summed E-state index contributed by atoms with van der Waals surface area (Å²) in [6.45, 7) is 0.183. The fraction of sp³-hybridized carbons (Fsp3) is 0.750. The maximum absolute atomic E-state index is 11.4. The minimum atomic E-state index is -0.565. The van der Waals surface area contributed by atoms with Gasteiger partial charge in [-0.3, -0.25) is 14.4 Å². The second-order valence-corrected chi connectivity index (χ2v) is 3.94. The highest BCUT2D eigenvalue weighted by Crippen LogP contribution is 2.35. The van der Waals surface area contributed by atoms with Crippen molar-refractivity contribution in [1.82, 2.24) is 10.8 Å². The fourth-order valence-electron chi connectivity index (χ4n) is 1.35. The van der Waals surface area contributed by atoms with Gasteiger partial charge >= 0.3 is 0 Å². The van der Waals surface area contributed by atoms with Crippen LogP contribution in [0.15, 0.2) is 0 Å². The molecule has 14 heavy (non-hydrogen) atoms. The first-order valence-electron chi connectivity index (χ1n) is 4.59. The van der Waals surface area contributed by atoms with Crippen molar-refractivity contribution in [2.75, 3.05) is 6.61 Å². The van der Waals surface area contributed by atoms with E-state index in [2.05, 4.69) is 15.6 Å². The molecule has 1 atom stereocenters. The standard InChI is InChI=1S/C8H13N3O3/c9-8(1-2-8)3-6(12)10-5-4-14-11-7(5)13/h5H,1-4,9H2,(H,10,12)(H,11,13)/t5-/m1/s1. The Hall–Kier alpha value is -1.14. The molecule has 1 saturated carbocycles. The van der Waals surface area contributed by atoms with Gasteiger partial charge in [-0.25, -0.2) is 5.48 Å². The van der Waals surface area contributed by atoms with Gasteiger partial charge in [0.05, 0.1) is 0 Å². The van der Waals surface area contributed by atoms with Gasteiger partial charge in [0, 0.05) is 12.0 Å². The van der Waals surface area contributed by atoms with Crippen molar-refractivity contribution >= 4 is 11.8 Å². The lowest BCUT2D eigenvalue weighted by atomic mass is 10.2. The predicted octanol–water partition coefficient (Wildman–Crippen LogP) is -1.59. The van der Waals surface area contributed by atoms with Crippen LogP contribution in [0.5, 0.6) is 0 Å². The third-order valence-electron chi connectivity index (χ3n) is 2.48. The first kappa shape index (κ1) is 9.42. The maximum Gasteiger partial charge on any atom is 0.268 e. The van der Waals surface area contributed by atoms with Gasteiger partial charge in [0.1, 0.15) is 12.6 Å². The summed E-state index contributed by atoms with van der Waals surface area (Å²) in [6, 6.07) is -0.565. The summed E-state index contributed by atoms with van der Waals surface area (Å²) in [5.74, 6) is -0.490. The van der Waals surface area contributed by atoms with E-state index in [0.29, 0.717) is 0 Å². The number of hydroxylamine groups is 1. The van der Waals surface area contributed by atoms with Gasteiger partial charge in [0.15, 0.2) is 0 Å². The van der Waals surface area contributed by atoms with Crippen LogP contribution in [-0.4, -0.2) is 30.0 Å². The van der Waals surface area contributed by atoms with E-state index < -0.39 is 6.04 Å². The Balaban J connectivity index is 1.79. The molecule has 0 aromatic carbocycles. The summed E-state index contributed by atoms with van der Waals surface area (Å²) in [4.78, 5) is 27.1. The molecule has 0 aromatic heterocycles. The van der Waals surface area contributed by atoms with Gasteiger partial charge in [-0.05, 0) is 12.8 Å². The molecule has 0 bridgehead atoms. The summed E-state index contributed by atoms with van der Waals surface area (Å²) >= 11 is 0. The number of amides is 2. The van der Waals surface area contributed by atoms with Gasteiger partial charge in [0.25, 0.3) is 5.91 Å². The Morgan fingerprint density at radius 2 is 2.43 bits per heavy atom. The monoisotopic (exact) mass is 199 g/mol. The van der Waals surface area contributed by atoms with E-state index in [-0.39, 0.29) is 30.4 Å². The van der Waals surface area contributed by atoms with Crippen molar-refractivity contribution in [2.24, 2.45) is 5.73 Å². The van der Waals surface area contributed by atoms with Crippen LogP contribution in [-0.2, 0) is 14.4 Å². The van der Waals surface area contributed by atoms with E-state index in [9.17, 15) is 9.59 Å². The molecule has 2 amide bonds. The molecule has 78 valence electrons. The first-order valence-corrected chi connectivity index (χ1v) is 4.59. The van der Waals surface area contributed by atoms with Crippen LogP contribution in [0.1, 0.15) is 19.3 Å². The van der Waals surface area contributed by atoms with Crippen LogP contribution in [0.3, 0.4) is 0 Å². The van der Waals surface area contributed by atoms with Crippen molar-refractivity contribution in [1.29, 1.82) is 0 Å². The van der Waals surface area contributed by atoms with Crippen molar-refractivity contribution in [2.45, 2.75) is 30.8 Å². The zero-order valence-electron chi connectivity index (χ0n) is 7.71. The zero-order valence-corrected chi connectivity index (χ0v) is 7.71. The molecule has 6 nitrogen and oxygen atoms in total. The number of carbonyl (C=O) groups excluding carboxylic acids is 2. The minimum absolute atomic E-state index is 0.183. The van der Waals surface area contributed by atoms with Crippen molar-refractivity contribution in [3.63, 3.8) is 0 Å². The van der Waals surface area contributed by atoms with Gasteiger partial charge in [-0.1, -0.05) is 0 Å². The van der Waals surface area contributed by atoms with Crippen LogP contribution in [0.2, 0.25) is 0 Å². The Morgan fingerprint density at radius 1 is 1.71 bits per heavy atom. The normalized spacial score (nSPS) is 28.4. The fourth-order valence-corrected chi connectivity index (χ4v) is 1.35. The van der Waals surface area contributed by atoms with Gasteiger partial charge in [-0.15, -0.1) is 0 Å². The lowest BCUT2D eigenvalue weighted by Gasteiger charge is -2.11. The van der Waals surface area contributed by atoms with Crippen LogP contribution in [0, 0.1) is 0 Å². The molecule has 1 aliphatic carbocycles. The number of carbonyl (C=O) groups is 2. The Kier molecular flexibility index (Phi) is 2.16. The van der Waals surface area contributed by atoms with Gasteiger partial charge in [-0.2, -0.15) is 0 Å². The summed E-state index contributed by atoms with van der Waals surface area (Å²) < 4.78 is 0. The quantitative estimate of drug-likeness (QED) is 0.511. The van der Waals surface area contributed by atoms with Crippen molar-refractivity contribution in [3.8, 4) is 0 Å². The van der Waals surface area contributed by atoms with Crippen LogP contribution in [0.25, 0.3) is 0 Å². The molecule has 4 N–H and O–H groups in total. The number of hydrogen-bond acceptors (Lipinski definition) is 4. The SMILES string of the molecule is NC1(CC(=O)N[C@@H]2CONC2=O)CC1. The van der Waals surface area contributed by atoms with Crippen molar-refractivity contribution < 1.29 is 14.4 Å². The molecule has 0 radical (unpaired) electrons. The summed E-state index contributed by atoms with van der Waals surface area (Å²) in [6.07, 6.45) is 2.05. The van der Waals surface area contributed by atoms with E-state index in [4.69, 9.17) is 5.73 Å². The molecular formula is C8H13N3O3. The summed E-state index contributed by atoms with van der Waals surface area (Å²) in [5, 5.41) is 2.57. The number of nitrogens with two attached hydrogens (primary N) is 1. The summed E-state index contributed by atoms with van der Waals surface area (Å²) in [5.41, 5.74) is 7.61. The molecule has 1 aliphatic heterocycles. The van der Waals surface area contributed by atoms with E-state index >= 15 is 0 Å². The highest BCUT2D eigenvalue weighted by Gasteiger charge is 2.41. The summed E-state index contributed by atoms with van der Waals surface area (Å²) in [7, 11) is 0. The van der Waals surface area contributed by atoms with Crippen LogP contribution < -0.4 is 16.5 Å². The third-order valence-corrected chi connectivity index (χ3v) is 2.48. The molecule has 2 rings (SSSR count). The van der Waals surface area contributed by atoms with Crippen molar-refractivity contribution in [3.05, 3.63) is 0 Å². The Morgan fingerprint density at radius 3 is 2.93 bits per heavy atom. The molecule has 1 heterocycles. The Bertz CT molecular complexity index is 275. The molecular weight excluding hydrogens is 186 g/mol. The highest BCUT2D eigenvalue weighted by atomic mass is 16.7. The molecule has 1 saturated heterocycles. The van der Waals surface area contributed by atoms with E-state index in [1.165, 1.54) is 0 Å². The maximum atomic E-state index is 11.4. The molecule has 2 fully saturated rings. The lowest BCUT2D eigenvalue weighted by molar-refractivity contribution is -0.128. The molecule has 0 unspecified atom stereocenters. The minimum Gasteiger partial charge on any atom is -0.342 e. The average Bonchev–Trinajstić information content (AvgIpc) is 2.67. The van der Waals surface area contributed by atoms with Crippen LogP contribution in [0.4, 0.5) is 0 Å². The first-order chi connectivity index (χ1) is 6.59. The zero-order chi connectivity index (χ0) is 10.2. The molecule has 6 heteroatoms. The number of hydrogen-bond donors (Lipinski definition) is 3. The van der Waals surface area contributed by atoms with E-state index in [1.807, 2.05) is 0 Å². The average molecular weight is 199 g/mol. The topological polar surface area (TPSA) is 93.5 Å². The van der Waals surface area contributed by atoms with Gasteiger partial charge < -0.3 is 11.1 Å². The largest absolute Gasteiger partial charge is 0.342 e. The number of nitrogens with one attached hydrogen (secondary N) is 2. The third kappa shape index (κ3) is 2.02.